The van der Waals surface area contributed by atoms with Crippen LogP contribution in [0.4, 0.5) is 0 Å². The van der Waals surface area contributed by atoms with Crippen LogP contribution in [0, 0.1) is 5.41 Å². The zero-order chi connectivity index (χ0) is 22.5. The lowest BCUT2D eigenvalue weighted by Gasteiger charge is -2.24. The van der Waals surface area contributed by atoms with Crippen LogP contribution in [0.25, 0.3) is 0 Å². The third kappa shape index (κ3) is 6.32. The van der Waals surface area contributed by atoms with Crippen molar-refractivity contribution in [1.29, 1.82) is 0 Å². The second kappa shape index (κ2) is 9.30. The highest BCUT2D eigenvalue weighted by Gasteiger charge is 2.33. The Bertz CT molecular complexity index is 908. The molecule has 0 aromatic heterocycles. The van der Waals surface area contributed by atoms with Crippen molar-refractivity contribution in [2.75, 3.05) is 6.79 Å². The van der Waals surface area contributed by atoms with Crippen molar-refractivity contribution in [1.82, 2.24) is 0 Å². The monoisotopic (exact) mass is 432 g/mol. The molecule has 0 spiro atoms. The van der Waals surface area contributed by atoms with E-state index in [9.17, 15) is 14.4 Å². The number of ketones is 1. The summed E-state index contributed by atoms with van der Waals surface area (Å²) in [6.07, 6.45) is 0. The second-order valence-corrected chi connectivity index (χ2v) is 8.64. The van der Waals surface area contributed by atoms with E-state index >= 15 is 0 Å². The number of ether oxygens (including phenoxy) is 3. The number of esters is 2. The molecule has 0 radical (unpaired) electrons. The largest absolute Gasteiger partial charge is 0.476 e. The molecule has 160 valence electrons. The van der Waals surface area contributed by atoms with Crippen LogP contribution in [0.1, 0.15) is 50.5 Å². The number of hydrogen-bond acceptors (Lipinski definition) is 6. The first kappa shape index (κ1) is 23.4. The maximum Gasteiger partial charge on any atom is 0.352 e. The standard InChI is InChI=1S/C23H25ClO6/c1-22(2,3)20(26)28-14-29-21(27)23(4,5)30-18-12-8-16(9-13-18)19(25)15-6-10-17(24)11-7-15/h6-13H,14H2,1-5H3. The minimum atomic E-state index is -1.32. The summed E-state index contributed by atoms with van der Waals surface area (Å²) < 4.78 is 15.6. The molecule has 0 amide bonds. The van der Waals surface area contributed by atoms with Gasteiger partial charge < -0.3 is 14.2 Å². The smallest absolute Gasteiger partial charge is 0.352 e. The molecular weight excluding hydrogens is 408 g/mol. The normalized spacial score (nSPS) is 11.5. The Labute approximate surface area is 181 Å². The first-order valence-corrected chi connectivity index (χ1v) is 9.72. The first-order chi connectivity index (χ1) is 13.9. The molecule has 2 aromatic rings. The Morgan fingerprint density at radius 2 is 1.23 bits per heavy atom. The molecule has 0 aliphatic rings. The highest BCUT2D eigenvalue weighted by Crippen LogP contribution is 2.22. The van der Waals surface area contributed by atoms with Crippen LogP contribution in [0.2, 0.25) is 5.02 Å². The molecule has 0 aliphatic heterocycles. The van der Waals surface area contributed by atoms with Gasteiger partial charge in [-0.3, -0.25) is 9.59 Å². The van der Waals surface area contributed by atoms with Crippen LogP contribution in [-0.4, -0.2) is 30.1 Å². The van der Waals surface area contributed by atoms with Crippen molar-refractivity contribution in [3.05, 3.63) is 64.7 Å². The topological polar surface area (TPSA) is 78.9 Å². The zero-order valence-corrected chi connectivity index (χ0v) is 18.4. The highest BCUT2D eigenvalue weighted by atomic mass is 35.5. The van der Waals surface area contributed by atoms with Crippen molar-refractivity contribution >= 4 is 29.3 Å². The number of carbonyl (C=O) groups is 3. The molecule has 0 saturated heterocycles. The summed E-state index contributed by atoms with van der Waals surface area (Å²) in [6.45, 7) is 7.68. The van der Waals surface area contributed by atoms with Gasteiger partial charge in [0.15, 0.2) is 11.4 Å². The molecule has 6 nitrogen and oxygen atoms in total. The summed E-state index contributed by atoms with van der Waals surface area (Å²) in [5.41, 5.74) is -1.03. The van der Waals surface area contributed by atoms with Gasteiger partial charge >= 0.3 is 11.9 Å². The molecule has 2 rings (SSSR count). The van der Waals surface area contributed by atoms with Gasteiger partial charge in [-0.15, -0.1) is 0 Å². The Morgan fingerprint density at radius 1 is 0.767 bits per heavy atom. The van der Waals surface area contributed by atoms with Gasteiger partial charge in [-0.05, 0) is 83.1 Å². The lowest BCUT2D eigenvalue weighted by molar-refractivity contribution is -0.181. The van der Waals surface area contributed by atoms with E-state index in [1.807, 2.05) is 0 Å². The van der Waals surface area contributed by atoms with E-state index in [1.165, 1.54) is 13.8 Å². The summed E-state index contributed by atoms with van der Waals surface area (Å²) in [4.78, 5) is 36.5. The van der Waals surface area contributed by atoms with Gasteiger partial charge in [-0.25, -0.2) is 4.79 Å². The molecule has 0 aliphatic carbocycles. The summed E-state index contributed by atoms with van der Waals surface area (Å²) >= 11 is 5.85. The number of halogens is 1. The van der Waals surface area contributed by atoms with Crippen molar-refractivity contribution in [2.24, 2.45) is 5.41 Å². The zero-order valence-electron chi connectivity index (χ0n) is 17.7. The molecule has 0 N–H and O–H groups in total. The van der Waals surface area contributed by atoms with E-state index in [0.717, 1.165) is 0 Å². The summed E-state index contributed by atoms with van der Waals surface area (Å²) in [5, 5.41) is 0.553. The lowest BCUT2D eigenvalue weighted by Crippen LogP contribution is -2.40. The van der Waals surface area contributed by atoms with Crippen LogP contribution in [0.3, 0.4) is 0 Å². The Balaban J connectivity index is 1.96. The van der Waals surface area contributed by atoms with Crippen LogP contribution in [0.15, 0.2) is 48.5 Å². The fourth-order valence-electron chi connectivity index (χ4n) is 2.31. The molecule has 0 bridgehead atoms. The molecule has 0 unspecified atom stereocenters. The molecule has 2 aromatic carbocycles. The maximum absolute atomic E-state index is 12.5. The molecule has 30 heavy (non-hydrogen) atoms. The van der Waals surface area contributed by atoms with E-state index < -0.39 is 29.7 Å². The fraction of sp³-hybridized carbons (Fsp3) is 0.348. The van der Waals surface area contributed by atoms with Crippen LogP contribution < -0.4 is 4.74 Å². The van der Waals surface area contributed by atoms with Gasteiger partial charge in [0, 0.05) is 16.1 Å². The molecular formula is C23H25ClO6. The van der Waals surface area contributed by atoms with Crippen molar-refractivity contribution in [3.8, 4) is 5.75 Å². The van der Waals surface area contributed by atoms with Gasteiger partial charge in [-0.2, -0.15) is 0 Å². The van der Waals surface area contributed by atoms with E-state index in [2.05, 4.69) is 0 Å². The van der Waals surface area contributed by atoms with Crippen LogP contribution in [0.5, 0.6) is 5.75 Å². The maximum atomic E-state index is 12.5. The van der Waals surface area contributed by atoms with E-state index in [-0.39, 0.29) is 5.78 Å². The quantitative estimate of drug-likeness (QED) is 0.354. The number of carbonyl (C=O) groups excluding carboxylic acids is 3. The Kier molecular flexibility index (Phi) is 7.26. The second-order valence-electron chi connectivity index (χ2n) is 8.20. The van der Waals surface area contributed by atoms with Crippen LogP contribution >= 0.6 is 11.6 Å². The number of benzene rings is 2. The first-order valence-electron chi connectivity index (χ1n) is 9.34. The van der Waals surface area contributed by atoms with Gasteiger partial charge in [0.05, 0.1) is 5.41 Å². The number of rotatable bonds is 7. The van der Waals surface area contributed by atoms with Gasteiger partial charge in [0.1, 0.15) is 5.75 Å². The van der Waals surface area contributed by atoms with E-state index in [4.69, 9.17) is 25.8 Å². The Hall–Kier alpha value is -2.86. The minimum absolute atomic E-state index is 0.155. The predicted molar refractivity (Wildman–Crippen MR) is 113 cm³/mol. The highest BCUT2D eigenvalue weighted by molar-refractivity contribution is 6.30. The number of hydrogen-bond donors (Lipinski definition) is 0. The SMILES string of the molecule is CC(C)(C)C(=O)OCOC(=O)C(C)(C)Oc1ccc(C(=O)c2ccc(Cl)cc2)cc1. The summed E-state index contributed by atoms with van der Waals surface area (Å²) in [5.74, 6) is -0.936. The predicted octanol–water partition coefficient (Wildman–Crippen LogP) is 4.82. The summed E-state index contributed by atoms with van der Waals surface area (Å²) in [6, 6.07) is 13.0. The molecule has 0 fully saturated rings. The third-order valence-electron chi connectivity index (χ3n) is 4.08. The molecule has 0 heterocycles. The average Bonchev–Trinajstić information content (AvgIpc) is 2.67. The van der Waals surface area contributed by atoms with Crippen molar-refractivity contribution in [2.45, 2.75) is 40.2 Å². The summed E-state index contributed by atoms with van der Waals surface area (Å²) in [7, 11) is 0. The van der Waals surface area contributed by atoms with Gasteiger partial charge in [0.25, 0.3) is 0 Å². The van der Waals surface area contributed by atoms with E-state index in [0.29, 0.717) is 21.9 Å². The van der Waals surface area contributed by atoms with Gasteiger partial charge in [-0.1, -0.05) is 11.6 Å². The van der Waals surface area contributed by atoms with Gasteiger partial charge in [0.2, 0.25) is 6.79 Å². The Morgan fingerprint density at radius 3 is 1.73 bits per heavy atom. The molecule has 7 heteroatoms. The fourth-order valence-corrected chi connectivity index (χ4v) is 2.43. The van der Waals surface area contributed by atoms with Crippen molar-refractivity contribution in [3.63, 3.8) is 0 Å². The molecule has 0 atom stereocenters. The minimum Gasteiger partial charge on any atom is -0.476 e. The molecule has 0 saturated carbocycles. The van der Waals surface area contributed by atoms with Crippen molar-refractivity contribution < 1.29 is 28.6 Å². The average molecular weight is 433 g/mol. The van der Waals surface area contributed by atoms with Crippen LogP contribution in [-0.2, 0) is 19.1 Å². The van der Waals surface area contributed by atoms with E-state index in [1.54, 1.807) is 69.3 Å². The third-order valence-corrected chi connectivity index (χ3v) is 4.33. The lowest BCUT2D eigenvalue weighted by atomic mass is 9.98.